The van der Waals surface area contributed by atoms with Crippen molar-refractivity contribution in [1.29, 1.82) is 0 Å². The summed E-state index contributed by atoms with van der Waals surface area (Å²) >= 11 is 1.40. The first-order chi connectivity index (χ1) is 5.18. The van der Waals surface area contributed by atoms with Crippen molar-refractivity contribution in [3.63, 3.8) is 0 Å². The van der Waals surface area contributed by atoms with Crippen LogP contribution in [0.2, 0.25) is 5.28 Å². The zero-order valence-corrected chi connectivity index (χ0v) is 10.4. The van der Waals surface area contributed by atoms with Crippen molar-refractivity contribution in [2.45, 2.75) is 38.9 Å². The van der Waals surface area contributed by atoms with Gasteiger partial charge in [0, 0.05) is 6.54 Å². The van der Waals surface area contributed by atoms with E-state index in [2.05, 4.69) is 12.4 Å². The number of hydrogen-bond acceptors (Lipinski definition) is 2. The number of hydroxylamine groups is 1. The van der Waals surface area contributed by atoms with Gasteiger partial charge in [0.2, 0.25) is 16.3 Å². The number of unbranched alkanes of at least 4 members (excludes halogenated alkanes) is 1. The van der Waals surface area contributed by atoms with E-state index in [1.54, 1.807) is 0 Å². The molecule has 0 rings (SSSR count). The van der Waals surface area contributed by atoms with Gasteiger partial charge in [0.25, 0.3) is 0 Å². The van der Waals surface area contributed by atoms with Crippen LogP contribution in [0.15, 0.2) is 0 Å². The van der Waals surface area contributed by atoms with Crippen molar-refractivity contribution in [2.75, 3.05) is 6.54 Å². The molecule has 0 unspecified atom stereocenters. The lowest BCUT2D eigenvalue weighted by Gasteiger charge is -1.97. The second-order valence-corrected chi connectivity index (χ2v) is 4.11. The topological polar surface area (TPSA) is 32.3 Å². The largest absolute Gasteiger partial charge is 0.317 e. The van der Waals surface area contributed by atoms with Crippen LogP contribution < -0.4 is 5.48 Å². The van der Waals surface area contributed by atoms with Crippen molar-refractivity contribution in [2.24, 2.45) is 5.92 Å². The molecule has 0 aromatic carbocycles. The van der Waals surface area contributed by atoms with E-state index in [0.29, 0.717) is 12.5 Å². The van der Waals surface area contributed by atoms with Crippen LogP contribution in [0.4, 0.5) is 0 Å². The van der Waals surface area contributed by atoms with Crippen molar-refractivity contribution in [3.8, 4) is 0 Å². The molecule has 0 aliphatic heterocycles. The Kier molecular flexibility index (Phi) is 16.6. The van der Waals surface area contributed by atoms with Gasteiger partial charge in [-0.25, -0.2) is 5.48 Å². The molecule has 11 heavy (non-hydrogen) atoms. The fourth-order valence-electron chi connectivity index (χ4n) is 0.536. The van der Waals surface area contributed by atoms with Crippen LogP contribution in [0.3, 0.4) is 0 Å². The minimum absolute atomic E-state index is 0.537. The molecule has 0 aromatic heterocycles. The van der Waals surface area contributed by atoms with Gasteiger partial charge in [-0.3, -0.25) is 0 Å². The molecule has 2 nitrogen and oxygen atoms in total. The van der Waals surface area contributed by atoms with E-state index in [4.69, 9.17) is 5.21 Å². The molecule has 0 atom stereocenters. The zero-order valence-electron chi connectivity index (χ0n) is 8.35. The summed E-state index contributed by atoms with van der Waals surface area (Å²) in [7, 11) is 0. The maximum atomic E-state index is 7.99. The van der Waals surface area contributed by atoms with Gasteiger partial charge in [0.05, 0.1) is 0 Å². The van der Waals surface area contributed by atoms with Crippen molar-refractivity contribution in [1.82, 2.24) is 5.48 Å². The number of nitrogens with one attached hydrogen (secondary N) is 1. The summed E-state index contributed by atoms with van der Waals surface area (Å²) in [5.41, 5.74) is 2.07. The SMILES string of the molecule is CC(C)CNO.CCC[CH2][AlH2]. The van der Waals surface area contributed by atoms with Gasteiger partial charge in [0.1, 0.15) is 0 Å². The molecular weight excluding hydrogens is 153 g/mol. The number of hydrogen-bond donors (Lipinski definition) is 2. The minimum Gasteiger partial charge on any atom is -0.317 e. The van der Waals surface area contributed by atoms with Gasteiger partial charge in [-0.2, -0.15) is 0 Å². The quantitative estimate of drug-likeness (QED) is 0.501. The molecule has 0 bridgehead atoms. The zero-order chi connectivity index (χ0) is 9.11. The highest BCUT2D eigenvalue weighted by atomic mass is 27.0. The van der Waals surface area contributed by atoms with E-state index in [-0.39, 0.29) is 0 Å². The molecule has 0 aromatic rings. The van der Waals surface area contributed by atoms with Gasteiger partial charge in [-0.1, -0.05) is 33.6 Å². The Balaban J connectivity index is 0. The smallest absolute Gasteiger partial charge is 0.211 e. The van der Waals surface area contributed by atoms with Gasteiger partial charge in [0.15, 0.2) is 0 Å². The molecule has 0 aliphatic rings. The van der Waals surface area contributed by atoms with E-state index in [9.17, 15) is 0 Å². The van der Waals surface area contributed by atoms with Crippen LogP contribution in [0, 0.1) is 5.92 Å². The summed E-state index contributed by atoms with van der Waals surface area (Å²) < 4.78 is 0. The van der Waals surface area contributed by atoms with Crippen LogP contribution in [0.5, 0.6) is 0 Å². The highest BCUT2D eigenvalue weighted by Gasteiger charge is 1.85. The lowest BCUT2D eigenvalue weighted by atomic mass is 10.2. The lowest BCUT2D eigenvalue weighted by molar-refractivity contribution is 0.154. The average molecular weight is 175 g/mol. The van der Waals surface area contributed by atoms with Crippen LogP contribution in [0.1, 0.15) is 33.6 Å². The van der Waals surface area contributed by atoms with E-state index >= 15 is 0 Å². The summed E-state index contributed by atoms with van der Waals surface area (Å²) in [4.78, 5) is 0. The molecule has 0 spiro atoms. The molecular formula is C8H22AlNO. The van der Waals surface area contributed by atoms with Gasteiger partial charge < -0.3 is 5.21 Å². The highest BCUT2D eigenvalue weighted by Crippen LogP contribution is 1.86. The molecule has 0 saturated carbocycles. The van der Waals surface area contributed by atoms with E-state index in [1.165, 1.54) is 34.4 Å². The van der Waals surface area contributed by atoms with Gasteiger partial charge in [-0.05, 0) is 5.92 Å². The summed E-state index contributed by atoms with van der Waals surface area (Å²) in [5.74, 6) is 0.537. The van der Waals surface area contributed by atoms with Crippen LogP contribution in [-0.2, 0) is 0 Å². The van der Waals surface area contributed by atoms with Crippen molar-refractivity contribution >= 4 is 16.3 Å². The fraction of sp³-hybridized carbons (Fsp3) is 1.00. The van der Waals surface area contributed by atoms with Crippen molar-refractivity contribution < 1.29 is 5.21 Å². The highest BCUT2D eigenvalue weighted by molar-refractivity contribution is 6.08. The average Bonchev–Trinajstić information content (AvgIpc) is 1.90. The van der Waals surface area contributed by atoms with Gasteiger partial charge >= 0.3 is 0 Å². The minimum atomic E-state index is 0.537. The Hall–Kier alpha value is 0.452. The Labute approximate surface area is 78.8 Å². The predicted molar refractivity (Wildman–Crippen MR) is 52.9 cm³/mol. The standard InChI is InChI=1S/C4H11NO.C4H9.Al.2H/c1-4(2)3-5-6;1-3-4-2;;;/h4-6H,3H2,1-2H3;1,3-4H2,2H3;;;. The Morgan fingerprint density at radius 3 is 2.00 bits per heavy atom. The molecule has 0 aliphatic carbocycles. The first-order valence-corrected chi connectivity index (χ1v) is 5.97. The predicted octanol–water partition coefficient (Wildman–Crippen LogP) is 1.46. The first-order valence-electron chi connectivity index (χ1n) is 4.55. The third-order valence-electron chi connectivity index (χ3n) is 1.21. The fourth-order valence-corrected chi connectivity index (χ4v) is 1.24. The summed E-state index contributed by atoms with van der Waals surface area (Å²) in [6.45, 7) is 6.98. The lowest BCUT2D eigenvalue weighted by Crippen LogP contribution is -2.13. The Morgan fingerprint density at radius 2 is 2.00 bits per heavy atom. The van der Waals surface area contributed by atoms with Crippen LogP contribution in [0.25, 0.3) is 0 Å². The molecule has 2 N–H and O–H groups in total. The summed E-state index contributed by atoms with van der Waals surface area (Å²) in [5, 5.41) is 9.47. The monoisotopic (exact) mass is 175 g/mol. The maximum absolute atomic E-state index is 7.99. The molecule has 0 fully saturated rings. The Bertz CT molecular complexity index is 58.1. The van der Waals surface area contributed by atoms with Gasteiger partial charge in [-0.15, -0.1) is 5.28 Å². The molecule has 0 saturated heterocycles. The second kappa shape index (κ2) is 13.1. The second-order valence-electron chi connectivity index (χ2n) is 3.11. The molecule has 0 radical (unpaired) electrons. The normalized spacial score (nSPS) is 9.18. The summed E-state index contributed by atoms with van der Waals surface area (Å²) in [6.07, 6.45) is 2.83. The van der Waals surface area contributed by atoms with E-state index in [1.807, 2.05) is 13.8 Å². The van der Waals surface area contributed by atoms with Crippen molar-refractivity contribution in [3.05, 3.63) is 0 Å². The molecule has 3 heteroatoms. The third kappa shape index (κ3) is 25.1. The number of rotatable bonds is 4. The van der Waals surface area contributed by atoms with E-state index < -0.39 is 0 Å². The van der Waals surface area contributed by atoms with Crippen LogP contribution >= 0.6 is 0 Å². The first kappa shape index (κ1) is 14.0. The maximum Gasteiger partial charge on any atom is 0.211 e. The molecule has 0 heterocycles. The Morgan fingerprint density at radius 1 is 1.45 bits per heavy atom. The third-order valence-corrected chi connectivity index (χ3v) is 1.91. The van der Waals surface area contributed by atoms with E-state index in [0.717, 1.165) is 0 Å². The molecule has 68 valence electrons. The summed E-state index contributed by atoms with van der Waals surface area (Å²) in [6, 6.07) is 0. The molecule has 0 amide bonds. The van der Waals surface area contributed by atoms with Crippen LogP contribution in [-0.4, -0.2) is 28.0 Å².